The number of rotatable bonds is 13. The van der Waals surface area contributed by atoms with E-state index in [1.807, 2.05) is 55.5 Å². The van der Waals surface area contributed by atoms with E-state index in [4.69, 9.17) is 21.1 Å². The summed E-state index contributed by atoms with van der Waals surface area (Å²) in [6.07, 6.45) is -1.17. The summed E-state index contributed by atoms with van der Waals surface area (Å²) >= 11 is 6.59. The normalized spacial score (nSPS) is 12.9. The molecule has 0 aromatic heterocycles. The molecule has 8 nitrogen and oxygen atoms in total. The number of carboxylic acids is 1. The first-order chi connectivity index (χ1) is 20.4. The maximum Gasteiger partial charge on any atom is 0.332 e. The highest BCUT2D eigenvalue weighted by Gasteiger charge is 2.23. The van der Waals surface area contributed by atoms with Crippen LogP contribution < -0.4 is 14.8 Å². The third-order valence-corrected chi connectivity index (χ3v) is 8.02. The molecule has 0 unspecified atom stereocenters. The van der Waals surface area contributed by atoms with Crippen molar-refractivity contribution >= 4 is 27.8 Å². The van der Waals surface area contributed by atoms with Crippen molar-refractivity contribution in [3.05, 3.63) is 112 Å². The topological polar surface area (TPSA) is 122 Å². The van der Waals surface area contributed by atoms with Gasteiger partial charge in [-0.1, -0.05) is 72.3 Å². The van der Waals surface area contributed by atoms with Crippen LogP contribution in [0.1, 0.15) is 29.2 Å². The van der Waals surface area contributed by atoms with Gasteiger partial charge < -0.3 is 19.7 Å². The zero-order chi connectivity index (χ0) is 31.1. The van der Waals surface area contributed by atoms with Crippen molar-refractivity contribution in [1.82, 2.24) is 5.32 Å². The van der Waals surface area contributed by atoms with Gasteiger partial charge in [0.2, 0.25) is 0 Å². The van der Waals surface area contributed by atoms with Crippen LogP contribution >= 0.6 is 11.6 Å². The molecule has 0 heterocycles. The van der Waals surface area contributed by atoms with Crippen LogP contribution in [0.15, 0.2) is 89.8 Å². The summed E-state index contributed by atoms with van der Waals surface area (Å²) in [5, 5.41) is 22.4. The van der Waals surface area contributed by atoms with Gasteiger partial charge in [0.1, 0.15) is 30.8 Å². The lowest BCUT2D eigenvalue weighted by Gasteiger charge is -2.20. The lowest BCUT2D eigenvalue weighted by molar-refractivity contribution is -0.142. The van der Waals surface area contributed by atoms with Gasteiger partial charge in [-0.25, -0.2) is 0 Å². The van der Waals surface area contributed by atoms with Gasteiger partial charge in [-0.05, 0) is 59.9 Å². The lowest BCUT2D eigenvalue weighted by Crippen LogP contribution is -2.44. The number of hydrogen-bond acceptors (Lipinski definition) is 7. The minimum atomic E-state index is -4.83. The van der Waals surface area contributed by atoms with E-state index < -0.39 is 33.2 Å². The summed E-state index contributed by atoms with van der Waals surface area (Å²) < 4.78 is 47.7. The van der Waals surface area contributed by atoms with Gasteiger partial charge in [0.15, 0.2) is 0 Å². The van der Waals surface area contributed by atoms with Crippen LogP contribution in [0.5, 0.6) is 11.5 Å². The number of carboxylic acid groups (broad SMARTS) is 1. The smallest absolute Gasteiger partial charge is 0.332 e. The fourth-order valence-corrected chi connectivity index (χ4v) is 5.18. The lowest BCUT2D eigenvalue weighted by atomic mass is 9.97. The number of halogens is 2. The zero-order valence-electron chi connectivity index (χ0n) is 23.5. The fourth-order valence-electron chi connectivity index (χ4n) is 4.48. The van der Waals surface area contributed by atoms with Crippen molar-refractivity contribution in [3.8, 4) is 22.6 Å². The monoisotopic (exact) mass is 627 g/mol. The van der Waals surface area contributed by atoms with E-state index in [2.05, 4.69) is 5.32 Å². The Kier molecular flexibility index (Phi) is 10.4. The summed E-state index contributed by atoms with van der Waals surface area (Å²) in [4.78, 5) is 11.1. The van der Waals surface area contributed by atoms with Gasteiger partial charge in [-0.2, -0.15) is 8.42 Å². The molecule has 3 N–H and O–H groups in total. The quantitative estimate of drug-likeness (QED) is 0.153. The van der Waals surface area contributed by atoms with Crippen molar-refractivity contribution in [2.75, 3.05) is 0 Å². The standard InChI is InChI=1S/C32H31ClFNO7S/c1-20-24(9-6-10-27(20)23-7-4-3-5-8-23)19-42-30-16-29(41-18-22-11-13-26(14-12-22)43(34,39)40)25(15-28(30)33)17-35-31(21(2)36)32(37)38/h3-16,21,31,35-36H,17-19H2,1-2H3,(H,37,38)/t21-,31+/m0/s1. The number of benzene rings is 4. The summed E-state index contributed by atoms with van der Waals surface area (Å²) in [7, 11) is -4.83. The largest absolute Gasteiger partial charge is 0.488 e. The van der Waals surface area contributed by atoms with Gasteiger partial charge in [0, 0.05) is 18.2 Å². The minimum Gasteiger partial charge on any atom is -0.488 e. The van der Waals surface area contributed by atoms with Gasteiger partial charge in [0.05, 0.1) is 16.0 Å². The Labute approximate surface area is 254 Å². The molecule has 0 aliphatic heterocycles. The highest BCUT2D eigenvalue weighted by atomic mass is 35.5. The van der Waals surface area contributed by atoms with Crippen LogP contribution in [-0.4, -0.2) is 36.7 Å². The van der Waals surface area contributed by atoms with Crippen LogP contribution in [0.2, 0.25) is 5.02 Å². The third kappa shape index (κ3) is 8.32. The third-order valence-electron chi connectivity index (χ3n) is 6.89. The number of hydrogen-bond donors (Lipinski definition) is 3. The van der Waals surface area contributed by atoms with Crippen LogP contribution in [0.25, 0.3) is 11.1 Å². The van der Waals surface area contributed by atoms with Crippen molar-refractivity contribution in [3.63, 3.8) is 0 Å². The van der Waals surface area contributed by atoms with E-state index in [1.54, 1.807) is 12.1 Å². The molecule has 0 fully saturated rings. The molecule has 11 heteroatoms. The fraction of sp³-hybridized carbons (Fsp3) is 0.219. The molecule has 4 aromatic carbocycles. The molecule has 4 aromatic rings. The number of ether oxygens (including phenoxy) is 2. The Hall–Kier alpha value is -3.96. The highest BCUT2D eigenvalue weighted by Crippen LogP contribution is 2.35. The Morgan fingerprint density at radius 3 is 2.23 bits per heavy atom. The van der Waals surface area contributed by atoms with Crippen LogP contribution in [0, 0.1) is 6.92 Å². The molecule has 4 rings (SSSR count). The van der Waals surface area contributed by atoms with Crippen molar-refractivity contribution in [2.45, 2.75) is 50.6 Å². The SMILES string of the molecule is Cc1c(COc2cc(OCc3ccc(S(=O)(=O)F)cc3)c(CN[C@@H](C(=O)O)[C@H](C)O)cc2Cl)cccc1-c1ccccc1. The molecule has 43 heavy (non-hydrogen) atoms. The summed E-state index contributed by atoms with van der Waals surface area (Å²) in [6, 6.07) is 23.0. The number of aliphatic carboxylic acids is 1. The number of nitrogens with one attached hydrogen (secondary N) is 1. The Morgan fingerprint density at radius 1 is 0.930 bits per heavy atom. The predicted octanol–water partition coefficient (Wildman–Crippen LogP) is 6.06. The first-order valence-corrected chi connectivity index (χ1v) is 15.1. The van der Waals surface area contributed by atoms with Crippen molar-refractivity contribution in [2.24, 2.45) is 0 Å². The Balaban J connectivity index is 1.58. The van der Waals surface area contributed by atoms with E-state index in [1.165, 1.54) is 19.1 Å². The molecule has 0 saturated heterocycles. The van der Waals surface area contributed by atoms with E-state index in [9.17, 15) is 27.3 Å². The van der Waals surface area contributed by atoms with Gasteiger partial charge in [-0.3, -0.25) is 10.1 Å². The van der Waals surface area contributed by atoms with Crippen molar-refractivity contribution < 1.29 is 36.8 Å². The second-order valence-electron chi connectivity index (χ2n) is 9.94. The first-order valence-electron chi connectivity index (χ1n) is 13.3. The van der Waals surface area contributed by atoms with E-state index in [0.717, 1.165) is 34.4 Å². The van der Waals surface area contributed by atoms with Gasteiger partial charge in [0.25, 0.3) is 0 Å². The molecule has 0 spiro atoms. The van der Waals surface area contributed by atoms with Crippen molar-refractivity contribution in [1.29, 1.82) is 0 Å². The molecule has 0 radical (unpaired) electrons. The maximum atomic E-state index is 13.3. The predicted molar refractivity (Wildman–Crippen MR) is 161 cm³/mol. The van der Waals surface area contributed by atoms with E-state index >= 15 is 0 Å². The summed E-state index contributed by atoms with van der Waals surface area (Å²) in [6.45, 7) is 3.58. The molecular formula is C32H31ClFNO7S. The zero-order valence-corrected chi connectivity index (χ0v) is 25.0. The van der Waals surface area contributed by atoms with E-state index in [-0.39, 0.29) is 24.8 Å². The number of carbonyl (C=O) groups is 1. The number of aliphatic hydroxyl groups excluding tert-OH is 1. The summed E-state index contributed by atoms with van der Waals surface area (Å²) in [5.74, 6) is -0.577. The van der Waals surface area contributed by atoms with Gasteiger partial charge in [-0.15, -0.1) is 3.89 Å². The van der Waals surface area contributed by atoms with Gasteiger partial charge >= 0.3 is 16.2 Å². The van der Waals surface area contributed by atoms with Crippen LogP contribution in [-0.2, 0) is 34.8 Å². The molecular weight excluding hydrogens is 597 g/mol. The molecule has 226 valence electrons. The molecule has 0 aliphatic carbocycles. The first kappa shape index (κ1) is 32.0. The molecule has 0 amide bonds. The average molecular weight is 628 g/mol. The Bertz CT molecular complexity index is 1680. The molecule has 0 bridgehead atoms. The molecule has 0 saturated carbocycles. The highest BCUT2D eigenvalue weighted by molar-refractivity contribution is 7.86. The molecule has 0 aliphatic rings. The average Bonchev–Trinajstić information content (AvgIpc) is 2.96. The second-order valence-corrected chi connectivity index (χ2v) is 11.7. The Morgan fingerprint density at radius 2 is 1.60 bits per heavy atom. The molecule has 2 atom stereocenters. The maximum absolute atomic E-state index is 13.3. The second kappa shape index (κ2) is 14.0. The number of aliphatic hydroxyl groups is 1. The van der Waals surface area contributed by atoms with E-state index in [0.29, 0.717) is 22.6 Å². The summed E-state index contributed by atoms with van der Waals surface area (Å²) in [5.41, 5.74) is 5.23. The van der Waals surface area contributed by atoms with Crippen LogP contribution in [0.3, 0.4) is 0 Å². The minimum absolute atomic E-state index is 0.00549. The van der Waals surface area contributed by atoms with Crippen LogP contribution in [0.4, 0.5) is 3.89 Å².